The van der Waals surface area contributed by atoms with Crippen LogP contribution < -0.4 is 19.8 Å². The van der Waals surface area contributed by atoms with Crippen LogP contribution in [0.2, 0.25) is 0 Å². The molecule has 0 radical (unpaired) electrons. The van der Waals surface area contributed by atoms with Crippen molar-refractivity contribution in [1.29, 1.82) is 0 Å². The second-order valence-electron chi connectivity index (χ2n) is 8.70. The van der Waals surface area contributed by atoms with Gasteiger partial charge in [-0.2, -0.15) is 0 Å². The maximum absolute atomic E-state index is 13.8. The summed E-state index contributed by atoms with van der Waals surface area (Å²) in [5.41, 5.74) is 1.43. The second kappa shape index (κ2) is 9.82. The molecule has 0 bridgehead atoms. The van der Waals surface area contributed by atoms with Gasteiger partial charge in [-0.25, -0.2) is 4.98 Å². The van der Waals surface area contributed by atoms with Gasteiger partial charge < -0.3 is 13.9 Å². The van der Waals surface area contributed by atoms with Crippen LogP contribution in [0, 0.1) is 6.92 Å². The molecule has 4 aromatic rings. The molecule has 37 heavy (non-hydrogen) atoms. The van der Waals surface area contributed by atoms with Crippen LogP contribution in [-0.2, 0) is 0 Å². The number of fused-ring (bicyclic) bond motifs is 2. The number of hydrogen-bond acceptors (Lipinski definition) is 8. The largest absolute Gasteiger partial charge is 0.490 e. The molecule has 5 rings (SSSR count). The lowest BCUT2D eigenvalue weighted by Gasteiger charge is -2.23. The molecule has 8 nitrogen and oxygen atoms in total. The fourth-order valence-electron chi connectivity index (χ4n) is 4.54. The van der Waals surface area contributed by atoms with Crippen molar-refractivity contribution in [3.63, 3.8) is 0 Å². The van der Waals surface area contributed by atoms with E-state index in [9.17, 15) is 14.4 Å². The predicted molar refractivity (Wildman–Crippen MR) is 141 cm³/mol. The Hall–Kier alpha value is -3.98. The number of benzene rings is 2. The molecule has 1 aliphatic rings. The topological polar surface area (TPSA) is 98.9 Å². The molecule has 3 heterocycles. The molecule has 0 saturated heterocycles. The van der Waals surface area contributed by atoms with E-state index in [4.69, 9.17) is 13.9 Å². The predicted octanol–water partition coefficient (Wildman–Crippen LogP) is 5.70. The van der Waals surface area contributed by atoms with E-state index in [0.717, 1.165) is 17.8 Å². The third-order valence-corrected chi connectivity index (χ3v) is 7.39. The van der Waals surface area contributed by atoms with Crippen molar-refractivity contribution in [1.82, 2.24) is 4.98 Å². The SMILES string of the molecule is CCCOc1ccc(C2c3c(oc4ccccc4c3=O)C(=O)N2c2nc(C)c(C(C)=O)s2)cc1OCC. The first-order valence-electron chi connectivity index (χ1n) is 12.1. The molecule has 1 unspecified atom stereocenters. The van der Waals surface area contributed by atoms with E-state index >= 15 is 0 Å². The molecule has 1 atom stereocenters. The van der Waals surface area contributed by atoms with Gasteiger partial charge in [0.1, 0.15) is 5.58 Å². The first kappa shape index (κ1) is 24.7. The fraction of sp³-hybridized carbons (Fsp3) is 0.286. The monoisotopic (exact) mass is 518 g/mol. The van der Waals surface area contributed by atoms with E-state index < -0.39 is 11.9 Å². The smallest absolute Gasteiger partial charge is 0.297 e. The van der Waals surface area contributed by atoms with Crippen LogP contribution in [0.25, 0.3) is 11.0 Å². The van der Waals surface area contributed by atoms with Gasteiger partial charge in [-0.3, -0.25) is 19.3 Å². The summed E-state index contributed by atoms with van der Waals surface area (Å²) in [5.74, 6) is 0.432. The van der Waals surface area contributed by atoms with E-state index in [-0.39, 0.29) is 22.5 Å². The van der Waals surface area contributed by atoms with Crippen molar-refractivity contribution < 1.29 is 23.5 Å². The van der Waals surface area contributed by atoms with Crippen molar-refractivity contribution in [2.24, 2.45) is 0 Å². The lowest BCUT2D eigenvalue weighted by molar-refractivity contribution is 0.0969. The van der Waals surface area contributed by atoms with Gasteiger partial charge in [-0.05, 0) is 50.1 Å². The molecule has 1 amide bonds. The average Bonchev–Trinajstić information content (AvgIpc) is 3.41. The molecule has 1 aliphatic heterocycles. The number of amides is 1. The van der Waals surface area contributed by atoms with E-state index in [2.05, 4.69) is 4.98 Å². The highest BCUT2D eigenvalue weighted by atomic mass is 32.1. The van der Waals surface area contributed by atoms with Crippen molar-refractivity contribution in [2.45, 2.75) is 40.2 Å². The van der Waals surface area contributed by atoms with Gasteiger partial charge in [0.05, 0.1) is 40.8 Å². The summed E-state index contributed by atoms with van der Waals surface area (Å²) in [7, 11) is 0. The van der Waals surface area contributed by atoms with Crippen LogP contribution in [0.4, 0.5) is 5.13 Å². The average molecular weight is 519 g/mol. The number of anilines is 1. The van der Waals surface area contributed by atoms with Gasteiger partial charge in [0.2, 0.25) is 5.76 Å². The first-order valence-corrected chi connectivity index (χ1v) is 12.9. The number of carbonyl (C=O) groups excluding carboxylic acids is 2. The van der Waals surface area contributed by atoms with Gasteiger partial charge in [0.15, 0.2) is 27.8 Å². The zero-order chi connectivity index (χ0) is 26.3. The van der Waals surface area contributed by atoms with Crippen LogP contribution in [0.1, 0.15) is 70.3 Å². The van der Waals surface area contributed by atoms with E-state index in [1.165, 1.54) is 11.8 Å². The lowest BCUT2D eigenvalue weighted by Crippen LogP contribution is -2.29. The Labute approximate surface area is 217 Å². The molecule has 9 heteroatoms. The van der Waals surface area contributed by atoms with Crippen LogP contribution in [0.3, 0.4) is 0 Å². The van der Waals surface area contributed by atoms with Crippen molar-refractivity contribution in [3.8, 4) is 11.5 Å². The molecule has 0 spiro atoms. The summed E-state index contributed by atoms with van der Waals surface area (Å²) in [6, 6.07) is 11.4. The summed E-state index contributed by atoms with van der Waals surface area (Å²) in [6.45, 7) is 8.02. The van der Waals surface area contributed by atoms with Crippen LogP contribution in [-0.4, -0.2) is 29.9 Å². The fourth-order valence-corrected chi connectivity index (χ4v) is 5.53. The zero-order valence-corrected chi connectivity index (χ0v) is 21.8. The molecule has 0 aliphatic carbocycles. The number of nitrogens with zero attached hydrogens (tertiary/aromatic N) is 2. The quantitative estimate of drug-likeness (QED) is 0.276. The number of rotatable bonds is 8. The minimum Gasteiger partial charge on any atom is -0.490 e. The van der Waals surface area contributed by atoms with Crippen molar-refractivity contribution >= 4 is 39.1 Å². The number of aromatic nitrogens is 1. The summed E-state index contributed by atoms with van der Waals surface area (Å²) in [5, 5.41) is 0.699. The normalized spacial score (nSPS) is 14.8. The number of para-hydroxylation sites is 1. The Bertz CT molecular complexity index is 1590. The molecule has 2 aromatic carbocycles. The molecule has 0 saturated carbocycles. The Morgan fingerprint density at radius 1 is 1.11 bits per heavy atom. The lowest BCUT2D eigenvalue weighted by atomic mass is 9.98. The molecule has 0 N–H and O–H groups in total. The van der Waals surface area contributed by atoms with Crippen molar-refractivity contribution in [3.05, 3.63) is 80.1 Å². The van der Waals surface area contributed by atoms with Crippen molar-refractivity contribution in [2.75, 3.05) is 18.1 Å². The number of ether oxygens (including phenoxy) is 2. The molecular weight excluding hydrogens is 492 g/mol. The molecule has 0 fully saturated rings. The highest BCUT2D eigenvalue weighted by molar-refractivity contribution is 7.17. The van der Waals surface area contributed by atoms with Gasteiger partial charge in [-0.15, -0.1) is 0 Å². The number of thiazole rings is 1. The summed E-state index contributed by atoms with van der Waals surface area (Å²) in [4.78, 5) is 46.2. The van der Waals surface area contributed by atoms with E-state index in [1.54, 1.807) is 43.3 Å². The van der Waals surface area contributed by atoms with E-state index in [0.29, 0.717) is 56.9 Å². The summed E-state index contributed by atoms with van der Waals surface area (Å²) >= 11 is 1.12. The molecule has 190 valence electrons. The number of Topliss-reactive ketones (excluding diaryl/α,β-unsaturated/α-hetero) is 1. The Balaban J connectivity index is 1.75. The number of ketones is 1. The number of hydrogen-bond donors (Lipinski definition) is 0. The Kier molecular flexibility index (Phi) is 6.55. The maximum Gasteiger partial charge on any atom is 0.297 e. The number of carbonyl (C=O) groups is 2. The third-order valence-electron chi connectivity index (χ3n) is 6.13. The minimum absolute atomic E-state index is 0.0322. The Morgan fingerprint density at radius 3 is 2.59 bits per heavy atom. The van der Waals surface area contributed by atoms with Gasteiger partial charge in [0, 0.05) is 6.92 Å². The summed E-state index contributed by atoms with van der Waals surface area (Å²) < 4.78 is 17.7. The van der Waals surface area contributed by atoms with Gasteiger partial charge in [0.25, 0.3) is 5.91 Å². The highest BCUT2D eigenvalue weighted by Gasteiger charge is 2.45. The zero-order valence-electron chi connectivity index (χ0n) is 21.0. The first-order chi connectivity index (χ1) is 17.8. The van der Waals surface area contributed by atoms with Crippen LogP contribution in [0.5, 0.6) is 11.5 Å². The molecule has 2 aromatic heterocycles. The van der Waals surface area contributed by atoms with Gasteiger partial charge in [-0.1, -0.05) is 36.5 Å². The van der Waals surface area contributed by atoms with E-state index in [1.807, 2.05) is 19.9 Å². The standard InChI is InChI=1S/C28H26N2O6S/c1-5-13-35-20-12-11-17(14-21(20)34-6-2)23-22-24(32)18-9-7-8-10-19(18)36-25(22)27(33)30(23)28-29-15(3)26(37-28)16(4)31/h7-12,14,23H,5-6,13H2,1-4H3. The molecular formula is C28H26N2O6S. The summed E-state index contributed by atoms with van der Waals surface area (Å²) in [6.07, 6.45) is 0.835. The Morgan fingerprint density at radius 2 is 1.89 bits per heavy atom. The second-order valence-corrected chi connectivity index (χ2v) is 9.68. The number of aryl methyl sites for hydroxylation is 1. The highest BCUT2D eigenvalue weighted by Crippen LogP contribution is 2.44. The van der Waals surface area contributed by atoms with Gasteiger partial charge >= 0.3 is 0 Å². The maximum atomic E-state index is 13.8. The third kappa shape index (κ3) is 4.19. The van der Waals surface area contributed by atoms with Crippen LogP contribution >= 0.6 is 11.3 Å². The van der Waals surface area contributed by atoms with Crippen LogP contribution in [0.15, 0.2) is 51.7 Å². The minimum atomic E-state index is -0.826.